The number of aromatic amines is 1. The van der Waals surface area contributed by atoms with E-state index in [-0.39, 0.29) is 29.7 Å². The number of H-pyrrole nitrogens is 1. The van der Waals surface area contributed by atoms with Gasteiger partial charge in [-0.15, -0.1) is 0 Å². The van der Waals surface area contributed by atoms with Gasteiger partial charge in [0.05, 0.1) is 0 Å². The van der Waals surface area contributed by atoms with Crippen LogP contribution in [-0.4, -0.2) is 33.6 Å². The molecule has 0 spiro atoms. The van der Waals surface area contributed by atoms with Crippen LogP contribution in [0.3, 0.4) is 0 Å². The molecule has 0 atom stereocenters. The van der Waals surface area contributed by atoms with Gasteiger partial charge in [0.1, 0.15) is 11.4 Å². The van der Waals surface area contributed by atoms with Crippen molar-refractivity contribution in [2.45, 2.75) is 51.6 Å². The number of carbonyl (C=O) groups excluding carboxylic acids is 1. The zero-order valence-corrected chi connectivity index (χ0v) is 15.7. The van der Waals surface area contributed by atoms with E-state index in [2.05, 4.69) is 9.97 Å². The second-order valence-corrected chi connectivity index (χ2v) is 8.08. The summed E-state index contributed by atoms with van der Waals surface area (Å²) in [4.78, 5) is 34.4. The number of benzene rings is 1. The van der Waals surface area contributed by atoms with Gasteiger partial charge < -0.3 is 19.4 Å². The minimum absolute atomic E-state index is 0.0793. The summed E-state index contributed by atoms with van der Waals surface area (Å²) in [5.74, 6) is 1.67. The Hall–Kier alpha value is -2.83. The molecular weight excluding hydrogens is 346 g/mol. The zero-order valence-electron chi connectivity index (χ0n) is 15.7. The lowest BCUT2D eigenvalue weighted by Crippen LogP contribution is -2.37. The molecule has 1 aromatic heterocycles. The van der Waals surface area contributed by atoms with E-state index in [4.69, 9.17) is 9.47 Å². The first-order chi connectivity index (χ1) is 12.8. The fourth-order valence-corrected chi connectivity index (χ4v) is 3.07. The van der Waals surface area contributed by atoms with E-state index < -0.39 is 5.56 Å². The molecule has 7 nitrogen and oxygen atoms in total. The molecule has 0 bridgehead atoms. The lowest BCUT2D eigenvalue weighted by Gasteiger charge is -2.23. The summed E-state index contributed by atoms with van der Waals surface area (Å²) in [6.45, 7) is 6.51. The van der Waals surface area contributed by atoms with Crippen LogP contribution in [0.5, 0.6) is 11.5 Å². The normalized spacial score (nSPS) is 15.7. The van der Waals surface area contributed by atoms with E-state index in [1.807, 2.05) is 39.0 Å². The molecule has 0 saturated heterocycles. The van der Waals surface area contributed by atoms with Crippen LogP contribution in [0.1, 0.15) is 55.4 Å². The van der Waals surface area contributed by atoms with Gasteiger partial charge in [0, 0.05) is 24.2 Å². The van der Waals surface area contributed by atoms with E-state index in [0.717, 1.165) is 18.4 Å². The summed E-state index contributed by atoms with van der Waals surface area (Å²) < 4.78 is 10.7. The number of nitrogens with one attached hydrogen (secondary N) is 1. The van der Waals surface area contributed by atoms with Crippen LogP contribution in [0.25, 0.3) is 0 Å². The van der Waals surface area contributed by atoms with Gasteiger partial charge in [0.25, 0.3) is 11.5 Å². The van der Waals surface area contributed by atoms with Crippen LogP contribution in [0.4, 0.5) is 0 Å². The van der Waals surface area contributed by atoms with Crippen LogP contribution in [-0.2, 0) is 12.0 Å². The van der Waals surface area contributed by atoms with Crippen molar-refractivity contribution >= 4 is 5.91 Å². The molecule has 1 aliphatic carbocycles. The van der Waals surface area contributed by atoms with Crippen molar-refractivity contribution in [3.8, 4) is 11.5 Å². The van der Waals surface area contributed by atoms with Gasteiger partial charge in [0.2, 0.25) is 6.79 Å². The Kier molecular flexibility index (Phi) is 4.17. The number of nitrogens with zero attached hydrogens (tertiary/aromatic N) is 2. The Morgan fingerprint density at radius 3 is 2.67 bits per heavy atom. The summed E-state index contributed by atoms with van der Waals surface area (Å²) in [5.41, 5.74) is 0.339. The first-order valence-electron chi connectivity index (χ1n) is 9.12. The number of fused-ring (bicyclic) bond motifs is 1. The van der Waals surface area contributed by atoms with E-state index in [1.54, 1.807) is 4.90 Å². The number of carbonyl (C=O) groups is 1. The van der Waals surface area contributed by atoms with Crippen LogP contribution < -0.4 is 15.0 Å². The summed E-state index contributed by atoms with van der Waals surface area (Å²) in [6.07, 6.45) is 3.29. The highest BCUT2D eigenvalue weighted by molar-refractivity contribution is 5.94. The lowest BCUT2D eigenvalue weighted by atomic mass is 9.96. The molecule has 2 aromatic rings. The first kappa shape index (κ1) is 17.6. The minimum atomic E-state index is -0.392. The van der Waals surface area contributed by atoms with Gasteiger partial charge in [0.15, 0.2) is 11.5 Å². The molecule has 1 saturated carbocycles. The molecule has 27 heavy (non-hydrogen) atoms. The monoisotopic (exact) mass is 369 g/mol. The standard InChI is InChI=1S/C20H23N3O4/c1-20(2,3)19-21-9-14(17(24)22-19)18(25)23(13-5-6-13)10-12-4-7-15-16(8-12)27-11-26-15/h4,7-9,13H,5-6,10-11H2,1-3H3,(H,21,22,24). The number of hydrogen-bond donors (Lipinski definition) is 1. The summed E-state index contributed by atoms with van der Waals surface area (Å²) in [7, 11) is 0. The quantitative estimate of drug-likeness (QED) is 0.895. The van der Waals surface area contributed by atoms with E-state index in [1.165, 1.54) is 6.20 Å². The fourth-order valence-electron chi connectivity index (χ4n) is 3.07. The summed E-state index contributed by atoms with van der Waals surface area (Å²) in [5, 5.41) is 0. The third-order valence-corrected chi connectivity index (χ3v) is 4.78. The largest absolute Gasteiger partial charge is 0.454 e. The maximum Gasteiger partial charge on any atom is 0.263 e. The number of hydrogen-bond acceptors (Lipinski definition) is 5. The van der Waals surface area contributed by atoms with E-state index >= 15 is 0 Å². The number of amides is 1. The van der Waals surface area contributed by atoms with Gasteiger partial charge in [-0.2, -0.15) is 0 Å². The van der Waals surface area contributed by atoms with Crippen LogP contribution in [0, 0.1) is 0 Å². The Labute approximate surface area is 157 Å². The third kappa shape index (κ3) is 3.54. The van der Waals surface area contributed by atoms with Gasteiger partial charge in [-0.25, -0.2) is 4.98 Å². The first-order valence-corrected chi connectivity index (χ1v) is 9.12. The molecule has 2 heterocycles. The SMILES string of the molecule is CC(C)(C)c1ncc(C(=O)N(Cc2ccc3c(c2)OCO3)C2CC2)c(=O)[nH]1. The van der Waals surface area contributed by atoms with Crippen molar-refractivity contribution in [3.05, 3.63) is 51.7 Å². The molecule has 1 N–H and O–H groups in total. The number of aromatic nitrogens is 2. The predicted molar refractivity (Wildman–Crippen MR) is 99.0 cm³/mol. The molecule has 1 aromatic carbocycles. The average molecular weight is 369 g/mol. The molecule has 0 unspecified atom stereocenters. The highest BCUT2D eigenvalue weighted by atomic mass is 16.7. The second-order valence-electron chi connectivity index (χ2n) is 8.08. The maximum absolute atomic E-state index is 13.1. The Morgan fingerprint density at radius 1 is 1.26 bits per heavy atom. The van der Waals surface area contributed by atoms with Crippen LogP contribution in [0.15, 0.2) is 29.2 Å². The highest BCUT2D eigenvalue weighted by Crippen LogP contribution is 2.34. The Balaban J connectivity index is 1.59. The molecule has 1 fully saturated rings. The third-order valence-electron chi connectivity index (χ3n) is 4.78. The van der Waals surface area contributed by atoms with Gasteiger partial charge in [-0.3, -0.25) is 9.59 Å². The van der Waals surface area contributed by atoms with Crippen molar-refractivity contribution in [1.82, 2.24) is 14.9 Å². The predicted octanol–water partition coefficient (Wildman–Crippen LogP) is 2.60. The van der Waals surface area contributed by atoms with Gasteiger partial charge >= 0.3 is 0 Å². The maximum atomic E-state index is 13.1. The van der Waals surface area contributed by atoms with Crippen molar-refractivity contribution in [3.63, 3.8) is 0 Å². The van der Waals surface area contributed by atoms with E-state index in [9.17, 15) is 9.59 Å². The molecule has 1 amide bonds. The van der Waals surface area contributed by atoms with Gasteiger partial charge in [-0.05, 0) is 30.5 Å². The highest BCUT2D eigenvalue weighted by Gasteiger charge is 2.34. The smallest absolute Gasteiger partial charge is 0.263 e. The zero-order chi connectivity index (χ0) is 19.2. The molecule has 142 valence electrons. The number of rotatable bonds is 4. The Morgan fingerprint density at radius 2 is 2.00 bits per heavy atom. The number of ether oxygens (including phenoxy) is 2. The molecular formula is C20H23N3O4. The summed E-state index contributed by atoms with van der Waals surface area (Å²) >= 11 is 0. The minimum Gasteiger partial charge on any atom is -0.454 e. The van der Waals surface area contributed by atoms with Crippen molar-refractivity contribution < 1.29 is 14.3 Å². The molecule has 1 aliphatic heterocycles. The van der Waals surface area contributed by atoms with Crippen molar-refractivity contribution in [1.29, 1.82) is 0 Å². The van der Waals surface area contributed by atoms with Gasteiger partial charge in [-0.1, -0.05) is 26.8 Å². The van der Waals surface area contributed by atoms with Crippen LogP contribution in [0.2, 0.25) is 0 Å². The van der Waals surface area contributed by atoms with Crippen molar-refractivity contribution in [2.75, 3.05) is 6.79 Å². The lowest BCUT2D eigenvalue weighted by molar-refractivity contribution is 0.0727. The van der Waals surface area contributed by atoms with E-state index in [0.29, 0.717) is 23.9 Å². The molecule has 4 rings (SSSR count). The van der Waals surface area contributed by atoms with Crippen LogP contribution >= 0.6 is 0 Å². The average Bonchev–Trinajstić information content (AvgIpc) is 3.35. The molecule has 2 aliphatic rings. The summed E-state index contributed by atoms with van der Waals surface area (Å²) in [6, 6.07) is 5.81. The second kappa shape index (κ2) is 6.40. The fraction of sp³-hybridized carbons (Fsp3) is 0.450. The topological polar surface area (TPSA) is 84.5 Å². The Bertz CT molecular complexity index is 941. The molecule has 7 heteroatoms. The van der Waals surface area contributed by atoms with Crippen molar-refractivity contribution in [2.24, 2.45) is 0 Å². The molecule has 0 radical (unpaired) electrons.